The smallest absolute Gasteiger partial charge is 0.326 e. The predicted molar refractivity (Wildman–Crippen MR) is 123 cm³/mol. The number of hydrogen-bond acceptors (Lipinski definition) is 5. The van der Waals surface area contributed by atoms with E-state index in [1.54, 1.807) is 18.7 Å². The molecular formula is C24H28N2O5S. The highest BCUT2D eigenvalue weighted by Crippen LogP contribution is 2.33. The second kappa shape index (κ2) is 11.2. The third-order valence-electron chi connectivity index (χ3n) is 5.56. The summed E-state index contributed by atoms with van der Waals surface area (Å²) in [5.74, 6) is -2.46. The van der Waals surface area contributed by atoms with Crippen LogP contribution in [0.25, 0.3) is 0 Å². The largest absolute Gasteiger partial charge is 0.480 e. The Balaban J connectivity index is 1.62. The van der Waals surface area contributed by atoms with Crippen molar-refractivity contribution in [2.24, 2.45) is 0 Å². The van der Waals surface area contributed by atoms with Gasteiger partial charge in [-0.1, -0.05) is 48.5 Å². The second-order valence-corrected chi connectivity index (χ2v) is 9.31. The number of nitrogens with zero attached hydrogens (tertiary/aromatic N) is 1. The maximum absolute atomic E-state index is 13.1. The highest BCUT2D eigenvalue weighted by Gasteiger charge is 2.41. The number of likely N-dealkylation sites (tertiary alicyclic amines) is 1. The van der Waals surface area contributed by atoms with E-state index < -0.39 is 30.1 Å². The summed E-state index contributed by atoms with van der Waals surface area (Å²) < 4.78 is 0. The van der Waals surface area contributed by atoms with Crippen molar-refractivity contribution in [1.82, 2.24) is 10.2 Å². The first-order chi connectivity index (χ1) is 15.3. The van der Waals surface area contributed by atoms with Crippen LogP contribution in [0.4, 0.5) is 0 Å². The summed E-state index contributed by atoms with van der Waals surface area (Å²) in [6, 6.07) is 16.6. The SMILES string of the molecule is C[C@H](NC(CCc1ccccc1)C(=O)O)C(=O)N1CC(Sc2ccccc2)C[C@H]1C(=O)O. The first-order valence-electron chi connectivity index (χ1n) is 10.6. The van der Waals surface area contributed by atoms with Gasteiger partial charge < -0.3 is 15.1 Å². The van der Waals surface area contributed by atoms with Crippen LogP contribution in [0.1, 0.15) is 25.3 Å². The quantitative estimate of drug-likeness (QED) is 0.505. The van der Waals surface area contributed by atoms with Crippen molar-refractivity contribution in [3.8, 4) is 0 Å². The molecule has 0 bridgehead atoms. The van der Waals surface area contributed by atoms with Crippen LogP contribution in [-0.4, -0.2) is 62.9 Å². The minimum atomic E-state index is -1.04. The van der Waals surface area contributed by atoms with Gasteiger partial charge in [-0.2, -0.15) is 0 Å². The third-order valence-corrected chi connectivity index (χ3v) is 6.78. The molecule has 1 heterocycles. The molecule has 7 nitrogen and oxygen atoms in total. The van der Waals surface area contributed by atoms with Crippen molar-refractivity contribution in [3.05, 3.63) is 66.2 Å². The molecule has 0 spiro atoms. The fraction of sp³-hybridized carbons (Fsp3) is 0.375. The van der Waals surface area contributed by atoms with E-state index in [-0.39, 0.29) is 11.2 Å². The van der Waals surface area contributed by atoms with E-state index in [4.69, 9.17) is 0 Å². The fourth-order valence-electron chi connectivity index (χ4n) is 3.91. The molecule has 0 saturated carbocycles. The third kappa shape index (κ3) is 6.34. The lowest BCUT2D eigenvalue weighted by Crippen LogP contribution is -2.53. The Morgan fingerprint density at radius 3 is 2.28 bits per heavy atom. The van der Waals surface area contributed by atoms with E-state index in [0.717, 1.165) is 10.5 Å². The number of benzene rings is 2. The predicted octanol–water partition coefficient (Wildman–Crippen LogP) is 2.90. The minimum absolute atomic E-state index is 0.0389. The highest BCUT2D eigenvalue weighted by atomic mass is 32.2. The molecule has 1 aliphatic rings. The first-order valence-corrected chi connectivity index (χ1v) is 11.5. The van der Waals surface area contributed by atoms with Crippen LogP contribution in [0.15, 0.2) is 65.6 Å². The van der Waals surface area contributed by atoms with Crippen LogP contribution in [0.5, 0.6) is 0 Å². The monoisotopic (exact) mass is 456 g/mol. The molecule has 1 aliphatic heterocycles. The molecule has 0 aliphatic carbocycles. The number of rotatable bonds is 10. The van der Waals surface area contributed by atoms with Crippen molar-refractivity contribution in [1.29, 1.82) is 0 Å². The molecule has 1 fully saturated rings. The molecule has 1 saturated heterocycles. The Morgan fingerprint density at radius 2 is 1.69 bits per heavy atom. The number of aryl methyl sites for hydroxylation is 1. The number of thioether (sulfide) groups is 1. The van der Waals surface area contributed by atoms with Crippen molar-refractivity contribution in [3.63, 3.8) is 0 Å². The van der Waals surface area contributed by atoms with Gasteiger partial charge >= 0.3 is 11.9 Å². The number of aliphatic carboxylic acids is 2. The van der Waals surface area contributed by atoms with E-state index in [1.807, 2.05) is 60.7 Å². The summed E-state index contributed by atoms with van der Waals surface area (Å²) in [7, 11) is 0. The van der Waals surface area contributed by atoms with Gasteiger partial charge in [0.15, 0.2) is 0 Å². The molecule has 1 amide bonds. The van der Waals surface area contributed by atoms with Gasteiger partial charge in [-0.3, -0.25) is 14.9 Å². The molecule has 170 valence electrons. The molecule has 2 unspecified atom stereocenters. The summed E-state index contributed by atoms with van der Waals surface area (Å²) in [6.07, 6.45) is 1.23. The number of carbonyl (C=O) groups is 3. The minimum Gasteiger partial charge on any atom is -0.480 e. The van der Waals surface area contributed by atoms with Gasteiger partial charge in [-0.15, -0.1) is 11.8 Å². The number of amides is 1. The van der Waals surface area contributed by atoms with E-state index >= 15 is 0 Å². The Kier molecular flexibility index (Phi) is 8.30. The average Bonchev–Trinajstić information content (AvgIpc) is 3.21. The van der Waals surface area contributed by atoms with Crippen molar-refractivity contribution >= 4 is 29.6 Å². The fourth-order valence-corrected chi connectivity index (χ4v) is 5.12. The number of carbonyl (C=O) groups excluding carboxylic acids is 1. The summed E-state index contributed by atoms with van der Waals surface area (Å²) in [5, 5.41) is 22.1. The zero-order valence-corrected chi connectivity index (χ0v) is 18.7. The van der Waals surface area contributed by atoms with Gasteiger partial charge in [0.1, 0.15) is 12.1 Å². The van der Waals surface area contributed by atoms with Gasteiger partial charge in [-0.05, 0) is 43.9 Å². The molecular weight excluding hydrogens is 428 g/mol. The Morgan fingerprint density at radius 1 is 1.06 bits per heavy atom. The molecule has 4 atom stereocenters. The molecule has 3 N–H and O–H groups in total. The molecule has 32 heavy (non-hydrogen) atoms. The normalized spacial score (nSPS) is 20.0. The Hall–Kier alpha value is -2.84. The lowest BCUT2D eigenvalue weighted by molar-refractivity contribution is -0.149. The zero-order chi connectivity index (χ0) is 23.1. The van der Waals surface area contributed by atoms with E-state index in [0.29, 0.717) is 25.8 Å². The summed E-state index contributed by atoms with van der Waals surface area (Å²) in [4.78, 5) is 39.0. The summed E-state index contributed by atoms with van der Waals surface area (Å²) in [5.41, 5.74) is 1.02. The number of carboxylic acids is 2. The Labute approximate surface area is 191 Å². The standard InChI is InChI=1S/C24H28N2O5S/c1-16(25-20(23(28)29)13-12-17-8-4-2-5-9-17)22(27)26-15-19(14-21(26)24(30)31)32-18-10-6-3-7-11-18/h2-11,16,19-21,25H,12-15H2,1H3,(H,28,29)(H,30,31)/t16-,19?,20?,21-/m0/s1. The van der Waals surface area contributed by atoms with Crippen LogP contribution in [0.2, 0.25) is 0 Å². The maximum Gasteiger partial charge on any atom is 0.326 e. The van der Waals surface area contributed by atoms with E-state index in [2.05, 4.69) is 5.32 Å². The molecule has 0 aromatic heterocycles. The molecule has 2 aromatic carbocycles. The average molecular weight is 457 g/mol. The molecule has 3 rings (SSSR count). The van der Waals surface area contributed by atoms with E-state index in [1.165, 1.54) is 4.90 Å². The lowest BCUT2D eigenvalue weighted by atomic mass is 10.0. The maximum atomic E-state index is 13.1. The topological polar surface area (TPSA) is 107 Å². The van der Waals surface area contributed by atoms with Crippen LogP contribution in [-0.2, 0) is 20.8 Å². The van der Waals surface area contributed by atoms with Crippen molar-refractivity contribution < 1.29 is 24.6 Å². The summed E-state index contributed by atoms with van der Waals surface area (Å²) in [6.45, 7) is 1.90. The zero-order valence-electron chi connectivity index (χ0n) is 17.9. The Bertz CT molecular complexity index is 925. The van der Waals surface area contributed by atoms with Crippen molar-refractivity contribution in [2.75, 3.05) is 6.54 Å². The molecule has 8 heteroatoms. The molecule has 0 radical (unpaired) electrons. The van der Waals surface area contributed by atoms with Gasteiger partial charge in [0.2, 0.25) is 5.91 Å². The second-order valence-electron chi connectivity index (χ2n) is 7.94. The first kappa shape index (κ1) is 23.8. The summed E-state index contributed by atoms with van der Waals surface area (Å²) >= 11 is 1.56. The van der Waals surface area contributed by atoms with Crippen molar-refractivity contribution in [2.45, 2.75) is 54.5 Å². The number of nitrogens with one attached hydrogen (secondary N) is 1. The van der Waals surface area contributed by atoms with Crippen LogP contribution < -0.4 is 5.32 Å². The van der Waals surface area contributed by atoms with Crippen LogP contribution in [0.3, 0.4) is 0 Å². The van der Waals surface area contributed by atoms with Gasteiger partial charge in [0.25, 0.3) is 0 Å². The number of carboxylic acid groups (broad SMARTS) is 2. The van der Waals surface area contributed by atoms with Gasteiger partial charge in [-0.25, -0.2) is 4.79 Å². The van der Waals surface area contributed by atoms with Crippen LogP contribution >= 0.6 is 11.8 Å². The van der Waals surface area contributed by atoms with E-state index in [9.17, 15) is 24.6 Å². The lowest BCUT2D eigenvalue weighted by Gasteiger charge is -2.27. The van der Waals surface area contributed by atoms with Gasteiger partial charge in [0, 0.05) is 16.7 Å². The highest BCUT2D eigenvalue weighted by molar-refractivity contribution is 8.00. The van der Waals surface area contributed by atoms with Gasteiger partial charge in [0.05, 0.1) is 6.04 Å². The number of hydrogen-bond donors (Lipinski definition) is 3. The molecule has 2 aromatic rings. The van der Waals surface area contributed by atoms with Crippen LogP contribution in [0, 0.1) is 0 Å².